The molecule has 0 aliphatic carbocycles. The van der Waals surface area contributed by atoms with Gasteiger partial charge in [-0.15, -0.1) is 0 Å². The number of hydrogen-bond acceptors (Lipinski definition) is 2. The molecular formula is C18H23NO. The van der Waals surface area contributed by atoms with Gasteiger partial charge in [-0.25, -0.2) is 0 Å². The molecule has 2 heteroatoms. The number of nitrogens with two attached hydrogens (primary N) is 1. The van der Waals surface area contributed by atoms with Crippen LogP contribution in [0, 0.1) is 0 Å². The molecule has 0 saturated carbocycles. The molecule has 2 atom stereocenters. The third-order valence-corrected chi connectivity index (χ3v) is 3.59. The van der Waals surface area contributed by atoms with Crippen LogP contribution in [-0.2, 0) is 4.74 Å². The van der Waals surface area contributed by atoms with Crippen LogP contribution in [0.3, 0.4) is 0 Å². The predicted molar refractivity (Wildman–Crippen MR) is 84.5 cm³/mol. The van der Waals surface area contributed by atoms with Gasteiger partial charge in [-0.05, 0) is 30.0 Å². The smallest absolute Gasteiger partial charge is 0.0764 e. The minimum atomic E-state index is -0.0650. The molecule has 2 aromatic rings. The molecule has 106 valence electrons. The molecule has 0 saturated heterocycles. The van der Waals surface area contributed by atoms with Crippen molar-refractivity contribution >= 4 is 0 Å². The minimum Gasteiger partial charge on any atom is -0.377 e. The zero-order chi connectivity index (χ0) is 14.4. The van der Waals surface area contributed by atoms with Crippen molar-refractivity contribution in [2.24, 2.45) is 5.73 Å². The topological polar surface area (TPSA) is 35.2 Å². The van der Waals surface area contributed by atoms with Crippen molar-refractivity contribution in [1.29, 1.82) is 0 Å². The van der Waals surface area contributed by atoms with Gasteiger partial charge in [-0.1, -0.05) is 61.5 Å². The van der Waals surface area contributed by atoms with Crippen molar-refractivity contribution in [3.63, 3.8) is 0 Å². The molecular weight excluding hydrogens is 246 g/mol. The van der Waals surface area contributed by atoms with Crippen molar-refractivity contribution in [2.45, 2.75) is 32.4 Å². The van der Waals surface area contributed by atoms with Crippen LogP contribution in [0.5, 0.6) is 0 Å². The molecule has 0 heterocycles. The van der Waals surface area contributed by atoms with E-state index in [4.69, 9.17) is 10.5 Å². The fourth-order valence-electron chi connectivity index (χ4n) is 2.43. The van der Waals surface area contributed by atoms with Crippen LogP contribution in [0.25, 0.3) is 11.1 Å². The molecule has 2 N–H and O–H groups in total. The second-order valence-corrected chi connectivity index (χ2v) is 4.92. The first kappa shape index (κ1) is 14.8. The highest BCUT2D eigenvalue weighted by molar-refractivity contribution is 5.63. The standard InChI is InChI=1S/C18H23NO/c1-3-17(20-4-2)18(19)16-12-10-15(11-13-16)14-8-6-5-7-9-14/h5-13,17-18H,3-4,19H2,1-2H3. The summed E-state index contributed by atoms with van der Waals surface area (Å²) in [6, 6.07) is 18.8. The molecule has 0 amide bonds. The molecule has 0 aliphatic rings. The quantitative estimate of drug-likeness (QED) is 0.854. The third kappa shape index (κ3) is 3.47. The van der Waals surface area contributed by atoms with E-state index in [0.717, 1.165) is 12.0 Å². The van der Waals surface area contributed by atoms with Gasteiger partial charge in [-0.3, -0.25) is 0 Å². The summed E-state index contributed by atoms with van der Waals surface area (Å²) < 4.78 is 5.70. The number of ether oxygens (including phenoxy) is 1. The lowest BCUT2D eigenvalue weighted by Crippen LogP contribution is -2.28. The lowest BCUT2D eigenvalue weighted by Gasteiger charge is -2.23. The van der Waals surface area contributed by atoms with Crippen LogP contribution in [0.2, 0.25) is 0 Å². The Kier molecular flexibility index (Phi) is 5.33. The van der Waals surface area contributed by atoms with E-state index >= 15 is 0 Å². The Morgan fingerprint density at radius 1 is 0.900 bits per heavy atom. The molecule has 2 aromatic carbocycles. The summed E-state index contributed by atoms with van der Waals surface area (Å²) in [5.41, 5.74) is 9.87. The van der Waals surface area contributed by atoms with Gasteiger partial charge in [0, 0.05) is 6.61 Å². The van der Waals surface area contributed by atoms with E-state index in [2.05, 4.69) is 55.5 Å². The van der Waals surface area contributed by atoms with Gasteiger partial charge in [0.2, 0.25) is 0 Å². The molecule has 2 unspecified atom stereocenters. The predicted octanol–water partition coefficient (Wildman–Crippen LogP) is 4.17. The molecule has 0 aliphatic heterocycles. The van der Waals surface area contributed by atoms with Crippen molar-refractivity contribution in [1.82, 2.24) is 0 Å². The molecule has 0 aromatic heterocycles. The highest BCUT2D eigenvalue weighted by Gasteiger charge is 2.17. The van der Waals surface area contributed by atoms with Gasteiger partial charge in [0.15, 0.2) is 0 Å². The molecule has 2 nitrogen and oxygen atoms in total. The summed E-state index contributed by atoms with van der Waals surface area (Å²) in [5, 5.41) is 0. The van der Waals surface area contributed by atoms with Crippen molar-refractivity contribution in [3.8, 4) is 11.1 Å². The zero-order valence-electron chi connectivity index (χ0n) is 12.3. The molecule has 0 spiro atoms. The maximum atomic E-state index is 6.30. The summed E-state index contributed by atoms with van der Waals surface area (Å²) in [6.45, 7) is 4.82. The van der Waals surface area contributed by atoms with Crippen LogP contribution in [0.15, 0.2) is 54.6 Å². The Bertz CT molecular complexity index is 507. The zero-order valence-corrected chi connectivity index (χ0v) is 12.3. The van der Waals surface area contributed by atoms with Gasteiger partial charge in [0.25, 0.3) is 0 Å². The first-order chi connectivity index (χ1) is 9.76. The summed E-state index contributed by atoms with van der Waals surface area (Å²) >= 11 is 0. The SMILES string of the molecule is CCOC(CC)C(N)c1ccc(-c2ccccc2)cc1. The Labute approximate surface area is 121 Å². The second kappa shape index (κ2) is 7.22. The van der Waals surface area contributed by atoms with Crippen LogP contribution in [-0.4, -0.2) is 12.7 Å². The van der Waals surface area contributed by atoms with Gasteiger partial charge in [-0.2, -0.15) is 0 Å². The molecule has 0 fully saturated rings. The van der Waals surface area contributed by atoms with Gasteiger partial charge in [0.05, 0.1) is 12.1 Å². The monoisotopic (exact) mass is 269 g/mol. The summed E-state index contributed by atoms with van der Waals surface area (Å²) in [4.78, 5) is 0. The average Bonchev–Trinajstić information content (AvgIpc) is 2.53. The van der Waals surface area contributed by atoms with E-state index in [1.807, 2.05) is 13.0 Å². The van der Waals surface area contributed by atoms with E-state index < -0.39 is 0 Å². The Balaban J connectivity index is 2.15. The summed E-state index contributed by atoms with van der Waals surface area (Å²) in [7, 11) is 0. The third-order valence-electron chi connectivity index (χ3n) is 3.59. The molecule has 0 bridgehead atoms. The Morgan fingerprint density at radius 2 is 1.50 bits per heavy atom. The van der Waals surface area contributed by atoms with E-state index in [1.54, 1.807) is 0 Å². The van der Waals surface area contributed by atoms with E-state index in [1.165, 1.54) is 11.1 Å². The first-order valence-electron chi connectivity index (χ1n) is 7.28. The maximum absolute atomic E-state index is 6.30. The molecule has 20 heavy (non-hydrogen) atoms. The fourth-order valence-corrected chi connectivity index (χ4v) is 2.43. The average molecular weight is 269 g/mol. The van der Waals surface area contributed by atoms with Crippen molar-refractivity contribution < 1.29 is 4.74 Å². The number of hydrogen-bond donors (Lipinski definition) is 1. The van der Waals surface area contributed by atoms with E-state index in [0.29, 0.717) is 6.61 Å². The number of benzene rings is 2. The van der Waals surface area contributed by atoms with Crippen molar-refractivity contribution in [2.75, 3.05) is 6.61 Å². The van der Waals surface area contributed by atoms with Crippen LogP contribution in [0.4, 0.5) is 0 Å². The summed E-state index contributed by atoms with van der Waals surface area (Å²) in [5.74, 6) is 0. The first-order valence-corrected chi connectivity index (χ1v) is 7.28. The summed E-state index contributed by atoms with van der Waals surface area (Å²) in [6.07, 6.45) is 1.01. The van der Waals surface area contributed by atoms with E-state index in [9.17, 15) is 0 Å². The van der Waals surface area contributed by atoms with Gasteiger partial charge < -0.3 is 10.5 Å². The minimum absolute atomic E-state index is 0.0650. The Morgan fingerprint density at radius 3 is 2.05 bits per heavy atom. The Hall–Kier alpha value is -1.64. The lowest BCUT2D eigenvalue weighted by atomic mass is 9.97. The largest absolute Gasteiger partial charge is 0.377 e. The van der Waals surface area contributed by atoms with Crippen LogP contribution >= 0.6 is 0 Å². The lowest BCUT2D eigenvalue weighted by molar-refractivity contribution is 0.0413. The van der Waals surface area contributed by atoms with Gasteiger partial charge in [0.1, 0.15) is 0 Å². The normalized spacial score (nSPS) is 13.9. The van der Waals surface area contributed by atoms with Gasteiger partial charge >= 0.3 is 0 Å². The fraction of sp³-hybridized carbons (Fsp3) is 0.333. The van der Waals surface area contributed by atoms with E-state index in [-0.39, 0.29) is 12.1 Å². The van der Waals surface area contributed by atoms with Crippen LogP contribution in [0.1, 0.15) is 31.9 Å². The highest BCUT2D eigenvalue weighted by atomic mass is 16.5. The van der Waals surface area contributed by atoms with Crippen molar-refractivity contribution in [3.05, 3.63) is 60.2 Å². The number of rotatable bonds is 6. The second-order valence-electron chi connectivity index (χ2n) is 4.92. The molecule has 2 rings (SSSR count). The van der Waals surface area contributed by atoms with Crippen LogP contribution < -0.4 is 5.73 Å². The highest BCUT2D eigenvalue weighted by Crippen LogP contribution is 2.24. The maximum Gasteiger partial charge on any atom is 0.0764 e. The molecule has 0 radical (unpaired) electrons.